The molecule has 2 aromatic rings. The maximum atomic E-state index is 14.4. The molecule has 15 atom stereocenters. The van der Waals surface area contributed by atoms with E-state index < -0.39 is 115 Å². The van der Waals surface area contributed by atoms with Gasteiger partial charge in [-0.2, -0.15) is 0 Å². The first kappa shape index (κ1) is 104. The van der Waals surface area contributed by atoms with Gasteiger partial charge < -0.3 is 119 Å². The first-order valence-electron chi connectivity index (χ1n) is 43.7. The van der Waals surface area contributed by atoms with E-state index in [4.69, 9.17) is 66.3 Å². The number of esters is 3. The largest absolute Gasteiger partial charge is 0.460 e. The molecule has 6 rings (SSSR count). The molecule has 0 spiro atoms. The lowest BCUT2D eigenvalue weighted by Crippen LogP contribution is -2.62. The highest BCUT2D eigenvalue weighted by molar-refractivity contribution is 5.81. The number of alkyl carbamates (subject to hydrolysis) is 2. The molecule has 3 heterocycles. The molecule has 0 unspecified atom stereocenters. The van der Waals surface area contributed by atoms with E-state index in [0.29, 0.717) is 96.7 Å². The normalized spacial score (nSPS) is 23.1. The molecule has 4 aliphatic rings. The summed E-state index contributed by atoms with van der Waals surface area (Å²) >= 11 is 0. The second-order valence-corrected chi connectivity index (χ2v) is 31.8. The Morgan fingerprint density at radius 3 is 1.04 bits per heavy atom. The van der Waals surface area contributed by atoms with Gasteiger partial charge in [0, 0.05) is 137 Å². The van der Waals surface area contributed by atoms with Crippen LogP contribution in [0.5, 0.6) is 0 Å². The molecule has 124 heavy (non-hydrogen) atoms. The van der Waals surface area contributed by atoms with Crippen molar-refractivity contribution in [1.82, 2.24) is 53.2 Å². The predicted octanol–water partition coefficient (Wildman–Crippen LogP) is 5.36. The maximum absolute atomic E-state index is 14.4. The number of carbonyl (C=O) groups excluding carboxylic acids is 13. The van der Waals surface area contributed by atoms with Gasteiger partial charge in [-0.3, -0.25) is 52.7 Å². The smallest absolute Gasteiger partial charge is 0.407 e. The standard InChI is InChI=1S/C87H136N10O27/c1-13-68-54(4)79(119-60(10)101)76(94-57(7)98)82(122-68)114-43-26-16-23-37-88-73(106)50-111-46-40-91-71(104)33-35-87(97-86(110)117-49-67-65-31-21-19-29-63(65)64-30-20-22-32-66(64)67,36-34-72(105)92-41-47-112-51-74(107)89-38-24-17-27-44-115-83-77(95-58(8)99)80(120-61(11)102)55(5)69(14-2)123-83)53-118-85(109)93-42-48-113-52-75(108)90-39-25-18-28-45-116-84-78(96-59(9)100)81(121-62(12)103)56(6)70(15-3)124-84/h19-22,29-32,54-56,67-70,76-84H,13-18,23-28,33-53H2,1-12H3,(H,88,106)(H,89,107)(H,90,108)(H,91,104)(H,92,105)(H,93,109)(H,94,98)(H,95,99)(H,96,100)(H,97,110)/t54-,55-,56-,68+,69+,70+,76+,77+,78+,79-,80-,81-,82+,83+,84+/m0/s1. The van der Waals surface area contributed by atoms with Gasteiger partial charge in [0.1, 0.15) is 69.5 Å². The molecule has 2 aromatic carbocycles. The number of carbonyl (C=O) groups is 13. The highest BCUT2D eigenvalue weighted by Gasteiger charge is 2.50. The van der Waals surface area contributed by atoms with Gasteiger partial charge in [0.05, 0.1) is 43.7 Å². The number of rotatable bonds is 56. The Bertz CT molecular complexity index is 3390. The summed E-state index contributed by atoms with van der Waals surface area (Å²) < 4.78 is 82.3. The number of unbranched alkanes of at least 4 members (excludes halogenated alkanes) is 6. The molecule has 0 bridgehead atoms. The van der Waals surface area contributed by atoms with Crippen LogP contribution in [0.2, 0.25) is 0 Å². The predicted molar refractivity (Wildman–Crippen MR) is 449 cm³/mol. The number of fused-ring (bicyclic) bond motifs is 3. The summed E-state index contributed by atoms with van der Waals surface area (Å²) in [5.74, 6) is -5.58. The summed E-state index contributed by atoms with van der Waals surface area (Å²) in [7, 11) is 0. The second-order valence-electron chi connectivity index (χ2n) is 31.8. The monoisotopic (exact) mass is 1750 g/mol. The molecule has 37 heteroatoms. The van der Waals surface area contributed by atoms with Crippen molar-refractivity contribution in [2.75, 3.05) is 112 Å². The molecule has 0 radical (unpaired) electrons. The molecule has 696 valence electrons. The van der Waals surface area contributed by atoms with Crippen LogP contribution in [0.3, 0.4) is 0 Å². The van der Waals surface area contributed by atoms with E-state index in [1.54, 1.807) is 0 Å². The number of benzene rings is 2. The van der Waals surface area contributed by atoms with Gasteiger partial charge in [-0.1, -0.05) is 90.1 Å². The average Bonchev–Trinajstić information content (AvgIpc) is 1.60. The van der Waals surface area contributed by atoms with E-state index in [-0.39, 0.29) is 183 Å². The number of ether oxygens (including phenoxy) is 14. The van der Waals surface area contributed by atoms with Gasteiger partial charge in [0.15, 0.2) is 18.9 Å². The van der Waals surface area contributed by atoms with E-state index in [0.717, 1.165) is 22.3 Å². The van der Waals surface area contributed by atoms with Crippen molar-refractivity contribution >= 4 is 77.4 Å². The fraction of sp³-hybridized carbons (Fsp3) is 0.713. The van der Waals surface area contributed by atoms with E-state index in [1.807, 2.05) is 90.1 Å². The van der Waals surface area contributed by atoms with Crippen LogP contribution in [0.4, 0.5) is 9.59 Å². The highest BCUT2D eigenvalue weighted by atomic mass is 16.7. The zero-order valence-electron chi connectivity index (χ0n) is 74.2. The summed E-state index contributed by atoms with van der Waals surface area (Å²) in [6.45, 7) is 19.4. The van der Waals surface area contributed by atoms with E-state index in [9.17, 15) is 62.3 Å². The minimum atomic E-state index is -1.66. The van der Waals surface area contributed by atoms with Crippen LogP contribution >= 0.6 is 0 Å². The minimum Gasteiger partial charge on any atom is -0.460 e. The van der Waals surface area contributed by atoms with Gasteiger partial charge in [-0.05, 0) is 112 Å². The third-order valence-corrected chi connectivity index (χ3v) is 21.9. The summed E-state index contributed by atoms with van der Waals surface area (Å²) in [4.78, 5) is 167. The van der Waals surface area contributed by atoms with Crippen LogP contribution in [0.15, 0.2) is 48.5 Å². The first-order valence-corrected chi connectivity index (χ1v) is 43.7. The van der Waals surface area contributed by atoms with Crippen LogP contribution < -0.4 is 53.2 Å². The third kappa shape index (κ3) is 36.4. The Hall–Kier alpha value is -9.21. The molecular weight excluding hydrogens is 1620 g/mol. The summed E-state index contributed by atoms with van der Waals surface area (Å²) in [5.41, 5.74) is 2.18. The quantitative estimate of drug-likeness (QED) is 0.0226. The Morgan fingerprint density at radius 1 is 0.379 bits per heavy atom. The fourth-order valence-electron chi connectivity index (χ4n) is 15.6. The molecule has 10 N–H and O–H groups in total. The molecule has 1 aliphatic carbocycles. The number of hydrogen-bond donors (Lipinski definition) is 10. The van der Waals surface area contributed by atoms with Crippen molar-refractivity contribution in [2.24, 2.45) is 17.8 Å². The van der Waals surface area contributed by atoms with E-state index in [2.05, 4.69) is 53.2 Å². The Morgan fingerprint density at radius 2 is 0.710 bits per heavy atom. The average molecular weight is 1750 g/mol. The SMILES string of the molecule is CC[C@H]1O[C@@H](OCCCCCNC(=O)COCCNC(=O)CCC(CCC(=O)NCCOCC(=O)NCCCCCO[C@@H]2O[C@H](CC)[C@H](C)[C@H](OC(C)=O)[C@H]2NC(C)=O)(COC(=O)NCCOCC(=O)NCCCCCO[C@@H]2O[C@H](CC)[C@H](C)[C@H](OC(C)=O)[C@H]2NC(C)=O)NC(=O)OCC2c3ccccc3-c3ccccc32)[C@H](NC(C)=O)[C@@H](OC(C)=O)[C@H]1C. The van der Waals surface area contributed by atoms with Crippen molar-refractivity contribution in [3.8, 4) is 11.1 Å². The molecule has 3 fully saturated rings. The zero-order valence-corrected chi connectivity index (χ0v) is 74.2. The highest BCUT2D eigenvalue weighted by Crippen LogP contribution is 2.45. The first-order chi connectivity index (χ1) is 59.5. The molecule has 3 saturated heterocycles. The maximum Gasteiger partial charge on any atom is 0.407 e. The Kier molecular flexibility index (Phi) is 46.8. The van der Waals surface area contributed by atoms with Crippen LogP contribution in [-0.4, -0.2) is 268 Å². The Balaban J connectivity index is 1.00. The van der Waals surface area contributed by atoms with Crippen LogP contribution in [0, 0.1) is 17.8 Å². The van der Waals surface area contributed by atoms with Crippen LogP contribution in [0.25, 0.3) is 11.1 Å². The third-order valence-electron chi connectivity index (χ3n) is 21.9. The van der Waals surface area contributed by atoms with Crippen molar-refractivity contribution < 1.29 is 129 Å². The molecule has 37 nitrogen and oxygen atoms in total. The van der Waals surface area contributed by atoms with Crippen molar-refractivity contribution in [3.63, 3.8) is 0 Å². The molecule has 10 amide bonds. The molecule has 3 aliphatic heterocycles. The summed E-state index contributed by atoms with van der Waals surface area (Å²) in [6.07, 6.45) is -0.674. The van der Waals surface area contributed by atoms with Crippen LogP contribution in [0.1, 0.15) is 203 Å². The summed E-state index contributed by atoms with van der Waals surface area (Å²) in [6, 6.07) is 13.4. The summed E-state index contributed by atoms with van der Waals surface area (Å²) in [5, 5.41) is 27.9. The lowest BCUT2D eigenvalue weighted by atomic mass is 9.87. The van der Waals surface area contributed by atoms with Crippen molar-refractivity contribution in [3.05, 3.63) is 59.7 Å². The number of nitrogens with one attached hydrogen (secondary N) is 10. The molecule has 0 aromatic heterocycles. The van der Waals surface area contributed by atoms with Gasteiger partial charge in [0.2, 0.25) is 47.3 Å². The van der Waals surface area contributed by atoms with Gasteiger partial charge >= 0.3 is 30.1 Å². The van der Waals surface area contributed by atoms with Crippen molar-refractivity contribution in [1.29, 1.82) is 0 Å². The van der Waals surface area contributed by atoms with Crippen molar-refractivity contribution in [2.45, 2.75) is 271 Å². The number of amides is 10. The second kappa shape index (κ2) is 56.0. The van der Waals surface area contributed by atoms with E-state index in [1.165, 1.54) is 41.5 Å². The lowest BCUT2D eigenvalue weighted by molar-refractivity contribution is -0.253. The topological polar surface area (TPSA) is 471 Å². The fourth-order valence-corrected chi connectivity index (χ4v) is 15.6. The van der Waals surface area contributed by atoms with Gasteiger partial charge in [0.25, 0.3) is 0 Å². The van der Waals surface area contributed by atoms with Gasteiger partial charge in [-0.25, -0.2) is 9.59 Å². The molecule has 0 saturated carbocycles. The molecular formula is C87H136N10O27. The number of hydrogen-bond acceptors (Lipinski definition) is 27. The van der Waals surface area contributed by atoms with Gasteiger partial charge in [-0.15, -0.1) is 0 Å². The Labute approximate surface area is 727 Å². The zero-order chi connectivity index (χ0) is 90.5. The van der Waals surface area contributed by atoms with E-state index >= 15 is 0 Å². The minimum absolute atomic E-state index is 0.0285. The lowest BCUT2D eigenvalue weighted by Gasteiger charge is -2.44. The van der Waals surface area contributed by atoms with Crippen LogP contribution in [-0.2, 0) is 119 Å².